The van der Waals surface area contributed by atoms with Crippen LogP contribution in [0.4, 0.5) is 0 Å². The van der Waals surface area contributed by atoms with Crippen LogP contribution in [0.15, 0.2) is 29.2 Å². The van der Waals surface area contributed by atoms with E-state index < -0.39 is 9.84 Å². The van der Waals surface area contributed by atoms with Crippen molar-refractivity contribution in [1.82, 2.24) is 0 Å². The van der Waals surface area contributed by atoms with Crippen molar-refractivity contribution in [3.63, 3.8) is 0 Å². The van der Waals surface area contributed by atoms with Crippen LogP contribution in [0.25, 0.3) is 0 Å². The molecule has 14 heavy (non-hydrogen) atoms. The van der Waals surface area contributed by atoms with Crippen molar-refractivity contribution in [2.75, 3.05) is 20.0 Å². The summed E-state index contributed by atoms with van der Waals surface area (Å²) in [5, 5.41) is 0. The van der Waals surface area contributed by atoms with Gasteiger partial charge in [-0.1, -0.05) is 18.2 Å². The standard InChI is InChI=1S/C8H8O2S.C2H6O/c9-11(10)6-5-7-3-1-2-4-8(7)11;1-3-2/h1-4H,5-6H2;1-2H3. The first-order chi connectivity index (χ1) is 6.61. The minimum Gasteiger partial charge on any atom is -0.388 e. The number of hydrogen-bond acceptors (Lipinski definition) is 3. The van der Waals surface area contributed by atoms with Gasteiger partial charge in [0.2, 0.25) is 0 Å². The molecule has 0 radical (unpaired) electrons. The van der Waals surface area contributed by atoms with E-state index >= 15 is 0 Å². The Morgan fingerprint density at radius 3 is 2.36 bits per heavy atom. The zero-order chi connectivity index (χ0) is 10.6. The van der Waals surface area contributed by atoms with E-state index in [0.29, 0.717) is 11.3 Å². The Labute approximate surface area is 84.6 Å². The Kier molecular flexibility index (Phi) is 3.66. The van der Waals surface area contributed by atoms with Gasteiger partial charge in [0.1, 0.15) is 0 Å². The van der Waals surface area contributed by atoms with Gasteiger partial charge in [-0.2, -0.15) is 0 Å². The van der Waals surface area contributed by atoms with E-state index in [1.54, 1.807) is 26.4 Å². The average molecular weight is 214 g/mol. The second-order valence-corrected chi connectivity index (χ2v) is 5.16. The first-order valence-electron chi connectivity index (χ1n) is 4.32. The largest absolute Gasteiger partial charge is 0.388 e. The summed E-state index contributed by atoms with van der Waals surface area (Å²) in [6.07, 6.45) is 0.679. The van der Waals surface area contributed by atoms with Crippen molar-refractivity contribution in [3.05, 3.63) is 29.8 Å². The molecule has 1 aromatic rings. The maximum Gasteiger partial charge on any atom is 0.178 e. The first-order valence-corrected chi connectivity index (χ1v) is 5.98. The van der Waals surface area contributed by atoms with E-state index in [1.807, 2.05) is 12.1 Å². The molecule has 0 N–H and O–H groups in total. The number of benzene rings is 1. The highest BCUT2D eigenvalue weighted by Crippen LogP contribution is 2.24. The topological polar surface area (TPSA) is 43.4 Å². The van der Waals surface area contributed by atoms with E-state index in [1.165, 1.54) is 0 Å². The summed E-state index contributed by atoms with van der Waals surface area (Å²) in [5.74, 6) is 0.284. The molecule has 0 spiro atoms. The van der Waals surface area contributed by atoms with E-state index in [2.05, 4.69) is 4.74 Å². The molecule has 0 amide bonds. The zero-order valence-electron chi connectivity index (χ0n) is 8.36. The molecule has 1 heterocycles. The second kappa shape index (κ2) is 4.57. The number of sulfone groups is 1. The van der Waals surface area contributed by atoms with Gasteiger partial charge < -0.3 is 4.74 Å². The fourth-order valence-corrected chi connectivity index (χ4v) is 2.93. The summed E-state index contributed by atoms with van der Waals surface area (Å²) in [7, 11) is 0.344. The molecule has 1 aliphatic heterocycles. The van der Waals surface area contributed by atoms with Crippen molar-refractivity contribution < 1.29 is 13.2 Å². The molecular formula is C10H14O3S. The molecule has 0 saturated heterocycles. The lowest BCUT2D eigenvalue weighted by Crippen LogP contribution is -1.97. The lowest BCUT2D eigenvalue weighted by molar-refractivity contribution is 0.277. The number of aryl methyl sites for hydroxylation is 1. The third kappa shape index (κ3) is 2.33. The molecule has 0 aliphatic carbocycles. The molecule has 0 saturated carbocycles. The van der Waals surface area contributed by atoms with Crippen LogP contribution in [-0.4, -0.2) is 28.4 Å². The van der Waals surface area contributed by atoms with Gasteiger partial charge in [-0.25, -0.2) is 8.42 Å². The quantitative estimate of drug-likeness (QED) is 0.653. The summed E-state index contributed by atoms with van der Waals surface area (Å²) >= 11 is 0. The average Bonchev–Trinajstić information content (AvgIpc) is 2.45. The highest BCUT2D eigenvalue weighted by Gasteiger charge is 2.24. The van der Waals surface area contributed by atoms with Gasteiger partial charge in [-0.3, -0.25) is 0 Å². The monoisotopic (exact) mass is 214 g/mol. The van der Waals surface area contributed by atoms with Crippen LogP contribution < -0.4 is 0 Å². The lowest BCUT2D eigenvalue weighted by atomic mass is 10.2. The number of hydrogen-bond donors (Lipinski definition) is 0. The van der Waals surface area contributed by atoms with Crippen molar-refractivity contribution in [3.8, 4) is 0 Å². The van der Waals surface area contributed by atoms with Crippen LogP contribution in [-0.2, 0) is 21.0 Å². The summed E-state index contributed by atoms with van der Waals surface area (Å²) in [6.45, 7) is 0. The Balaban J connectivity index is 0.000000293. The van der Waals surface area contributed by atoms with Gasteiger partial charge in [0.05, 0.1) is 10.6 Å². The summed E-state index contributed by atoms with van der Waals surface area (Å²) in [5.41, 5.74) is 0.965. The van der Waals surface area contributed by atoms with E-state index in [-0.39, 0.29) is 5.75 Å². The molecule has 2 rings (SSSR count). The predicted octanol–water partition coefficient (Wildman–Crippen LogP) is 1.28. The van der Waals surface area contributed by atoms with Gasteiger partial charge in [0.25, 0.3) is 0 Å². The zero-order valence-corrected chi connectivity index (χ0v) is 9.17. The van der Waals surface area contributed by atoms with Gasteiger partial charge in [-0.15, -0.1) is 0 Å². The van der Waals surface area contributed by atoms with Gasteiger partial charge in [0.15, 0.2) is 9.84 Å². The normalized spacial score (nSPS) is 16.7. The minimum absolute atomic E-state index is 0.284. The molecule has 0 bridgehead atoms. The molecule has 3 nitrogen and oxygen atoms in total. The number of rotatable bonds is 0. The number of ether oxygens (including phenoxy) is 1. The number of fused-ring (bicyclic) bond motifs is 1. The maximum absolute atomic E-state index is 11.3. The fraction of sp³-hybridized carbons (Fsp3) is 0.400. The van der Waals surface area contributed by atoms with Gasteiger partial charge >= 0.3 is 0 Å². The third-order valence-corrected chi connectivity index (χ3v) is 3.76. The van der Waals surface area contributed by atoms with Crippen LogP contribution in [0.2, 0.25) is 0 Å². The third-order valence-electron chi connectivity index (χ3n) is 1.95. The lowest BCUT2D eigenvalue weighted by Gasteiger charge is -1.94. The van der Waals surface area contributed by atoms with Gasteiger partial charge in [-0.05, 0) is 18.1 Å². The molecule has 0 fully saturated rings. The predicted molar refractivity (Wildman–Crippen MR) is 55.1 cm³/mol. The van der Waals surface area contributed by atoms with Crippen molar-refractivity contribution in [1.29, 1.82) is 0 Å². The van der Waals surface area contributed by atoms with E-state index in [4.69, 9.17) is 0 Å². The molecule has 4 heteroatoms. The molecule has 78 valence electrons. The van der Waals surface area contributed by atoms with Crippen LogP contribution in [0, 0.1) is 0 Å². The molecule has 1 aromatic carbocycles. The van der Waals surface area contributed by atoms with Crippen molar-refractivity contribution in [2.45, 2.75) is 11.3 Å². The van der Waals surface area contributed by atoms with E-state index in [9.17, 15) is 8.42 Å². The van der Waals surface area contributed by atoms with E-state index in [0.717, 1.165) is 5.56 Å². The maximum atomic E-state index is 11.3. The molecule has 0 atom stereocenters. The fourth-order valence-electron chi connectivity index (χ4n) is 1.37. The smallest absolute Gasteiger partial charge is 0.178 e. The molecule has 1 aliphatic rings. The summed E-state index contributed by atoms with van der Waals surface area (Å²) in [6, 6.07) is 7.19. The van der Waals surface area contributed by atoms with Crippen LogP contribution in [0.5, 0.6) is 0 Å². The Hall–Kier alpha value is -0.870. The van der Waals surface area contributed by atoms with Crippen molar-refractivity contribution in [2.24, 2.45) is 0 Å². The van der Waals surface area contributed by atoms with Crippen LogP contribution >= 0.6 is 0 Å². The highest BCUT2D eigenvalue weighted by molar-refractivity contribution is 7.91. The second-order valence-electron chi connectivity index (χ2n) is 3.08. The number of methoxy groups -OCH3 is 1. The van der Waals surface area contributed by atoms with Gasteiger partial charge in [0, 0.05) is 14.2 Å². The Bertz CT molecular complexity index is 396. The SMILES string of the molecule is COC.O=S1(=O)CCc2ccccc21. The first kappa shape index (κ1) is 11.2. The highest BCUT2D eigenvalue weighted by atomic mass is 32.2. The summed E-state index contributed by atoms with van der Waals surface area (Å²) in [4.78, 5) is 0.528. The van der Waals surface area contributed by atoms with Crippen LogP contribution in [0.1, 0.15) is 5.56 Å². The van der Waals surface area contributed by atoms with Crippen LogP contribution in [0.3, 0.4) is 0 Å². The summed E-state index contributed by atoms with van der Waals surface area (Å²) < 4.78 is 26.8. The Morgan fingerprint density at radius 2 is 1.79 bits per heavy atom. The minimum atomic E-state index is -2.91. The molecular weight excluding hydrogens is 200 g/mol. The molecule has 0 unspecified atom stereocenters. The Morgan fingerprint density at radius 1 is 1.21 bits per heavy atom. The van der Waals surface area contributed by atoms with Crippen molar-refractivity contribution >= 4 is 9.84 Å². The molecule has 0 aromatic heterocycles.